The number of anilines is 6. The van der Waals surface area contributed by atoms with E-state index in [1.54, 1.807) is 60.5 Å². The third-order valence-corrected chi connectivity index (χ3v) is 15.1. The van der Waals surface area contributed by atoms with Crippen LogP contribution in [0.2, 0.25) is 0 Å². The molecule has 1 spiro atoms. The van der Waals surface area contributed by atoms with E-state index >= 15 is 0 Å². The number of aryl methyl sites for hydroxylation is 1. The van der Waals surface area contributed by atoms with Crippen LogP contribution in [-0.2, 0) is 16.5 Å². The first-order valence-electron chi connectivity index (χ1n) is 26.2. The Morgan fingerprint density at radius 2 is 1.36 bits per heavy atom. The number of aliphatic hydroxyl groups excluding tert-OH is 1. The van der Waals surface area contributed by atoms with E-state index in [0.29, 0.717) is 139 Å². The Labute approximate surface area is 443 Å². The fraction of sp³-hybridized carbons (Fsp3) is 0.434. The molecule has 5 N–H and O–H groups in total. The highest BCUT2D eigenvalue weighted by molar-refractivity contribution is 6.11. The van der Waals surface area contributed by atoms with Gasteiger partial charge in [-0.15, -0.1) is 0 Å². The molecule has 5 saturated heterocycles. The number of ether oxygens (including phenoxy) is 2. The number of aliphatic hydroxyl groups is 1. The number of pyridine rings is 4. The molecule has 1 unspecified atom stereocenters. The summed E-state index contributed by atoms with van der Waals surface area (Å²) in [5.41, 5.74) is 11.4. The number of hydrogen-bond acceptors (Lipinski definition) is 21. The van der Waals surface area contributed by atoms with Crippen LogP contribution in [0.5, 0.6) is 0 Å². The van der Waals surface area contributed by atoms with Gasteiger partial charge in [-0.05, 0) is 56.5 Å². The highest BCUT2D eigenvalue weighted by Crippen LogP contribution is 2.50. The molecule has 6 aliphatic rings. The first-order chi connectivity index (χ1) is 37.6. The second kappa shape index (κ2) is 21.2. The predicted octanol–water partition coefficient (Wildman–Crippen LogP) is 4.06. The maximum Gasteiger partial charge on any atom is 0.300 e. The lowest BCUT2D eigenvalue weighted by atomic mass is 9.62. The first-order valence-corrected chi connectivity index (χ1v) is 26.2. The van der Waals surface area contributed by atoms with E-state index in [9.17, 15) is 14.7 Å². The molecule has 6 fully saturated rings. The smallest absolute Gasteiger partial charge is 0.300 e. The van der Waals surface area contributed by atoms with Gasteiger partial charge in [0.15, 0.2) is 11.2 Å². The number of aliphatic imine (C=N–C) groups is 1. The van der Waals surface area contributed by atoms with Gasteiger partial charge in [-0.25, -0.2) is 19.9 Å². The number of nitrogens with two attached hydrogens (primary N) is 1. The molecule has 24 nitrogen and oxygen atoms in total. The van der Waals surface area contributed by atoms with E-state index < -0.39 is 0 Å². The summed E-state index contributed by atoms with van der Waals surface area (Å²) in [5.74, 6) is 1.36. The molecule has 0 aromatic carbocycles. The molecule has 24 heteroatoms. The maximum absolute atomic E-state index is 13.8. The van der Waals surface area contributed by atoms with Crippen LogP contribution < -0.4 is 36.0 Å². The number of carbonyl (C=O) groups excluding carboxylic acids is 2. The Morgan fingerprint density at radius 1 is 0.753 bits per heavy atom. The molecule has 400 valence electrons. The second-order valence-electron chi connectivity index (χ2n) is 20.4. The fourth-order valence-corrected chi connectivity index (χ4v) is 11.2. The van der Waals surface area contributed by atoms with Crippen LogP contribution in [-0.4, -0.2) is 179 Å². The van der Waals surface area contributed by atoms with Crippen molar-refractivity contribution in [1.82, 2.24) is 44.6 Å². The van der Waals surface area contributed by atoms with E-state index in [-0.39, 0.29) is 23.3 Å². The zero-order chi connectivity index (χ0) is 52.6. The third kappa shape index (κ3) is 10.4. The topological polar surface area (TPSA) is 273 Å². The summed E-state index contributed by atoms with van der Waals surface area (Å²) in [6.07, 6.45) is 10.3. The highest BCUT2D eigenvalue weighted by Gasteiger charge is 2.53. The largest absolute Gasteiger partial charge is 0.422 e. The molecule has 1 aliphatic carbocycles. The van der Waals surface area contributed by atoms with Crippen LogP contribution in [0.1, 0.15) is 52.1 Å². The average molecular weight is 1050 g/mol. The van der Waals surface area contributed by atoms with Crippen molar-refractivity contribution in [3.8, 4) is 11.3 Å². The number of allylic oxidation sites excluding steroid dienone is 1. The van der Waals surface area contributed by atoms with Crippen molar-refractivity contribution < 1.29 is 33.0 Å². The van der Waals surface area contributed by atoms with Crippen LogP contribution in [0.3, 0.4) is 0 Å². The molecule has 1 atom stereocenters. The molecule has 7 aromatic heterocycles. The van der Waals surface area contributed by atoms with Gasteiger partial charge >= 0.3 is 0 Å². The lowest BCUT2D eigenvalue weighted by molar-refractivity contribution is -0.0494. The number of nitrogens with one attached hydrogen (secondary N) is 2. The van der Waals surface area contributed by atoms with Gasteiger partial charge in [-0.1, -0.05) is 12.1 Å². The van der Waals surface area contributed by atoms with Gasteiger partial charge in [0.25, 0.3) is 23.8 Å². The summed E-state index contributed by atoms with van der Waals surface area (Å²) < 4.78 is 24.8. The Bertz CT molecular complexity index is 3360. The van der Waals surface area contributed by atoms with E-state index in [1.807, 2.05) is 30.3 Å². The number of piperazine rings is 1. The highest BCUT2D eigenvalue weighted by atomic mass is 16.5. The SMILES string of the molecule is CN=C/C(=C\N)c1cccc(NC(=O)c2cc3oc(N4CCOCC4)nc3nc2N2CC3(CC(O)C3)C2)n1.Cn1cc(-c2cccc(NC(=O)c3cc4oc(N5CCOCC5)nc4nc3N3CCN4CCCC4C3)n2)cn1. The van der Waals surface area contributed by atoms with Crippen molar-refractivity contribution in [3.63, 3.8) is 0 Å². The summed E-state index contributed by atoms with van der Waals surface area (Å²) in [6, 6.07) is 15.8. The van der Waals surface area contributed by atoms with Crippen LogP contribution in [0.4, 0.5) is 35.3 Å². The van der Waals surface area contributed by atoms with Crippen molar-refractivity contribution in [2.45, 2.75) is 37.8 Å². The summed E-state index contributed by atoms with van der Waals surface area (Å²) in [7, 11) is 3.51. The number of aromatic nitrogens is 8. The normalized spacial score (nSPS) is 19.8. The third-order valence-electron chi connectivity index (χ3n) is 15.1. The van der Waals surface area contributed by atoms with Crippen molar-refractivity contribution in [2.75, 3.05) is 129 Å². The molecular weight excluding hydrogens is 987 g/mol. The quantitative estimate of drug-likeness (QED) is 0.133. The molecule has 12 heterocycles. The van der Waals surface area contributed by atoms with Crippen LogP contribution in [0.25, 0.3) is 39.3 Å². The van der Waals surface area contributed by atoms with Crippen molar-refractivity contribution in [3.05, 3.63) is 83.9 Å². The Morgan fingerprint density at radius 3 is 1.95 bits per heavy atom. The predicted molar refractivity (Wildman–Crippen MR) is 290 cm³/mol. The monoisotopic (exact) mass is 1050 g/mol. The zero-order valence-corrected chi connectivity index (χ0v) is 43.0. The van der Waals surface area contributed by atoms with Gasteiger partial charge in [-0.2, -0.15) is 15.1 Å². The Kier molecular flexibility index (Phi) is 13.7. The molecule has 13 rings (SSSR count). The first kappa shape index (κ1) is 49.8. The van der Waals surface area contributed by atoms with Gasteiger partial charge in [0, 0.05) is 126 Å². The Hall–Kier alpha value is -8.06. The number of morpholine rings is 2. The lowest BCUT2D eigenvalue weighted by Gasteiger charge is -2.58. The minimum Gasteiger partial charge on any atom is -0.422 e. The number of oxazole rings is 2. The second-order valence-corrected chi connectivity index (χ2v) is 20.4. The molecule has 0 radical (unpaired) electrons. The molecular formula is C53H61N17O7. The molecule has 5 aliphatic heterocycles. The van der Waals surface area contributed by atoms with Crippen LogP contribution in [0, 0.1) is 5.41 Å². The van der Waals surface area contributed by atoms with E-state index in [4.69, 9.17) is 39.0 Å². The number of amides is 2. The van der Waals surface area contributed by atoms with E-state index in [1.165, 1.54) is 12.6 Å². The van der Waals surface area contributed by atoms with E-state index in [2.05, 4.69) is 55.3 Å². The van der Waals surface area contributed by atoms with Crippen LogP contribution in [0.15, 0.2) is 81.0 Å². The Balaban J connectivity index is 0.000000155. The number of nitrogens with zero attached hydrogens (tertiary/aromatic N) is 14. The van der Waals surface area contributed by atoms with Crippen molar-refractivity contribution in [2.24, 2.45) is 23.2 Å². The standard InChI is InChI=1S/C27H31N9O3.C26H30N8O4/c1-33-16-18(15-28-33)21-5-2-6-23(29-21)30-26(37)20-14-22-24(32-27(39-22)35-10-12-38-13-11-35)31-25(20)36-9-8-34-7-3-4-19(34)17-36;1-28-13-16(12-27)19-3-2-4-21(29-19)30-24(36)18-9-20-22(32-25(38-20)33-5-7-37-8-6-33)31-23(18)34-14-26(15-34)10-17(35)11-26/h2,5-6,14-16,19H,3-4,7-13,17H2,1H3,(H,29,30,37);2-4,9,12-13,17,35H,5-8,10-11,14-15,27H2,1H3,(H,29,30,36)/b;16-12+,28-13?. The average Bonchev–Trinajstić information content (AvgIpc) is 4.28. The van der Waals surface area contributed by atoms with E-state index in [0.717, 1.165) is 69.8 Å². The van der Waals surface area contributed by atoms with Gasteiger partial charge < -0.3 is 59.4 Å². The number of fused-ring (bicyclic) bond motifs is 3. The van der Waals surface area contributed by atoms with Crippen molar-refractivity contribution in [1.29, 1.82) is 0 Å². The minimum atomic E-state index is -0.361. The zero-order valence-electron chi connectivity index (χ0n) is 43.0. The summed E-state index contributed by atoms with van der Waals surface area (Å²) in [5, 5.41) is 19.9. The fourth-order valence-electron chi connectivity index (χ4n) is 11.2. The van der Waals surface area contributed by atoms with Gasteiger partial charge in [-0.3, -0.25) is 24.2 Å². The van der Waals surface area contributed by atoms with Gasteiger partial charge in [0.05, 0.1) is 61.2 Å². The van der Waals surface area contributed by atoms with Crippen LogP contribution >= 0.6 is 0 Å². The van der Waals surface area contributed by atoms with Crippen molar-refractivity contribution >= 4 is 81.4 Å². The number of hydrogen-bond donors (Lipinski definition) is 4. The summed E-state index contributed by atoms with van der Waals surface area (Å²) in [6.45, 7) is 10.4. The minimum absolute atomic E-state index is 0.0915. The van der Waals surface area contributed by atoms with Gasteiger partial charge in [0.2, 0.25) is 11.3 Å². The number of carbonyl (C=O) groups is 2. The molecule has 2 amide bonds. The lowest BCUT2D eigenvalue weighted by Crippen LogP contribution is -2.64. The molecule has 77 heavy (non-hydrogen) atoms. The summed E-state index contributed by atoms with van der Waals surface area (Å²) >= 11 is 0. The molecule has 0 bridgehead atoms. The number of rotatable bonds is 11. The molecule has 7 aromatic rings. The maximum atomic E-state index is 13.8. The van der Waals surface area contributed by atoms with Gasteiger partial charge in [0.1, 0.15) is 23.3 Å². The molecule has 1 saturated carbocycles. The summed E-state index contributed by atoms with van der Waals surface area (Å²) in [4.78, 5) is 70.4.